The predicted molar refractivity (Wildman–Crippen MR) is 153 cm³/mol. The molecule has 0 bridgehead atoms. The molecule has 7 rings (SSSR count). The molecule has 2 saturated heterocycles. The Hall–Kier alpha value is -2.89. The number of aromatic nitrogens is 6. The monoisotopic (exact) mass is 528 g/mol. The van der Waals surface area contributed by atoms with Crippen LogP contribution in [0.1, 0.15) is 49.4 Å². The molecule has 0 spiro atoms. The second kappa shape index (κ2) is 9.45. The summed E-state index contributed by atoms with van der Waals surface area (Å²) in [5, 5.41) is 0. The van der Waals surface area contributed by atoms with Crippen molar-refractivity contribution in [2.24, 2.45) is 0 Å². The lowest BCUT2D eigenvalue weighted by Gasteiger charge is -2.16. The van der Waals surface area contributed by atoms with E-state index in [4.69, 9.17) is 4.98 Å². The number of rotatable bonds is 5. The molecule has 3 aromatic heterocycles. The number of hydrogen-bond donors (Lipinski definition) is 3. The smallest absolute Gasteiger partial charge is 0.138 e. The lowest BCUT2D eigenvalue weighted by molar-refractivity contribution is 0.434. The average molecular weight is 529 g/mol. The van der Waals surface area contributed by atoms with Gasteiger partial charge in [-0.15, -0.1) is 0 Å². The van der Waals surface area contributed by atoms with Crippen LogP contribution in [-0.2, 0) is 0 Å². The molecule has 10 heteroatoms. The van der Waals surface area contributed by atoms with Crippen molar-refractivity contribution >= 4 is 29.8 Å². The molecule has 2 aliphatic rings. The summed E-state index contributed by atoms with van der Waals surface area (Å²) in [6, 6.07) is 15.5. The molecule has 2 fully saturated rings. The van der Waals surface area contributed by atoms with Crippen molar-refractivity contribution in [3.05, 3.63) is 66.5 Å². The molecule has 5 aromatic rings. The number of H-pyrrole nitrogens is 3. The molecule has 0 saturated carbocycles. The maximum absolute atomic E-state index is 4.84. The van der Waals surface area contributed by atoms with Crippen molar-refractivity contribution in [3.63, 3.8) is 0 Å². The van der Waals surface area contributed by atoms with Gasteiger partial charge >= 0.3 is 0 Å². The second-order valence-corrected chi connectivity index (χ2v) is 11.4. The zero-order valence-corrected chi connectivity index (χ0v) is 22.8. The van der Waals surface area contributed by atoms with E-state index in [1.807, 2.05) is 12.4 Å². The van der Waals surface area contributed by atoms with Crippen LogP contribution in [0.2, 0.25) is 0 Å². The Morgan fingerprint density at radius 3 is 1.86 bits per heavy atom. The molecule has 2 aliphatic heterocycles. The highest BCUT2D eigenvalue weighted by molar-refractivity contribution is 7.13. The minimum atomic E-state index is 0.348. The number of imidazole rings is 3. The molecule has 37 heavy (non-hydrogen) atoms. The van der Waals surface area contributed by atoms with Gasteiger partial charge in [-0.2, -0.15) is 0 Å². The lowest BCUT2D eigenvalue weighted by atomic mass is 10.1. The lowest BCUT2D eigenvalue weighted by Crippen LogP contribution is -2.12. The van der Waals surface area contributed by atoms with Gasteiger partial charge in [-0.1, -0.05) is 49.1 Å². The van der Waals surface area contributed by atoms with Crippen LogP contribution >= 0.6 is 18.8 Å². The van der Waals surface area contributed by atoms with E-state index in [0.29, 0.717) is 12.1 Å². The van der Waals surface area contributed by atoms with Gasteiger partial charge in [0, 0.05) is 24.2 Å². The normalized spacial score (nSPS) is 20.9. The van der Waals surface area contributed by atoms with Gasteiger partial charge < -0.3 is 15.0 Å². The fourth-order valence-corrected chi connectivity index (χ4v) is 6.54. The van der Waals surface area contributed by atoms with Crippen LogP contribution in [0, 0.1) is 0 Å². The number of benzene rings is 2. The van der Waals surface area contributed by atoms with Crippen LogP contribution in [0.3, 0.4) is 0 Å². The predicted octanol–water partition coefficient (Wildman–Crippen LogP) is 5.86. The molecule has 2 aromatic carbocycles. The molecule has 0 radical (unpaired) electrons. The van der Waals surface area contributed by atoms with E-state index in [1.54, 1.807) is 0 Å². The van der Waals surface area contributed by atoms with E-state index in [-0.39, 0.29) is 0 Å². The molecule has 3 N–H and O–H groups in total. The Bertz CT molecular complexity index is 1550. The van der Waals surface area contributed by atoms with Crippen LogP contribution in [0.4, 0.5) is 0 Å². The third-order valence-corrected chi connectivity index (χ3v) is 8.91. The minimum absolute atomic E-state index is 0.348. The molecule has 0 amide bonds. The van der Waals surface area contributed by atoms with Gasteiger partial charge in [0.05, 0.1) is 46.9 Å². The second-order valence-electron chi connectivity index (χ2n) is 10.1. The van der Waals surface area contributed by atoms with Crippen LogP contribution in [0.5, 0.6) is 0 Å². The SMILES string of the molecule is PN1CCCC1c1ncc(-c2ccc(-c3nc4ccc(-c5cnc(C6CCCN6P)[nH]5)cc4[nH]3)cc2)[nH]1. The van der Waals surface area contributed by atoms with E-state index in [9.17, 15) is 0 Å². The van der Waals surface area contributed by atoms with Crippen molar-refractivity contribution in [3.8, 4) is 33.9 Å². The summed E-state index contributed by atoms with van der Waals surface area (Å²) in [5.74, 6) is 2.94. The molecule has 4 unspecified atom stereocenters. The van der Waals surface area contributed by atoms with Gasteiger partial charge in [-0.3, -0.25) is 9.34 Å². The first-order valence-corrected chi connectivity index (χ1v) is 13.9. The Morgan fingerprint density at radius 2 is 1.27 bits per heavy atom. The minimum Gasteiger partial charge on any atom is -0.341 e. The Balaban J connectivity index is 1.12. The fourth-order valence-electron chi connectivity index (χ4n) is 5.59. The number of hydrogen-bond acceptors (Lipinski definition) is 5. The maximum Gasteiger partial charge on any atom is 0.138 e. The van der Waals surface area contributed by atoms with Gasteiger partial charge in [0.2, 0.25) is 0 Å². The van der Waals surface area contributed by atoms with E-state index >= 15 is 0 Å². The molecule has 0 aliphatic carbocycles. The average Bonchev–Trinajstić information content (AvgIpc) is 3.74. The number of aromatic amines is 3. The van der Waals surface area contributed by atoms with Crippen LogP contribution in [0.25, 0.3) is 44.9 Å². The number of nitrogens with zero attached hydrogens (tertiary/aromatic N) is 5. The summed E-state index contributed by atoms with van der Waals surface area (Å²) >= 11 is 0. The van der Waals surface area contributed by atoms with Crippen molar-refractivity contribution in [1.29, 1.82) is 0 Å². The highest BCUT2D eigenvalue weighted by atomic mass is 31.0. The van der Waals surface area contributed by atoms with Crippen LogP contribution < -0.4 is 0 Å². The van der Waals surface area contributed by atoms with Gasteiger partial charge in [-0.05, 0) is 43.4 Å². The molecular formula is C27H30N8P2. The quantitative estimate of drug-likeness (QED) is 0.249. The molecule has 5 heterocycles. The summed E-state index contributed by atoms with van der Waals surface area (Å²) in [6.07, 6.45) is 8.56. The van der Waals surface area contributed by atoms with Gasteiger partial charge in [-0.25, -0.2) is 15.0 Å². The summed E-state index contributed by atoms with van der Waals surface area (Å²) in [5.41, 5.74) is 7.32. The van der Waals surface area contributed by atoms with Gasteiger partial charge in [0.15, 0.2) is 0 Å². The van der Waals surface area contributed by atoms with Crippen molar-refractivity contribution < 1.29 is 0 Å². The zero-order chi connectivity index (χ0) is 24.9. The first-order valence-electron chi connectivity index (χ1n) is 12.9. The molecular weight excluding hydrogens is 498 g/mol. The standard InChI is InChI=1S/C27H30N8P2/c36-34-11-1-3-23(34)26-28-14-21(32-26)16-5-7-17(8-6-16)25-30-19-10-9-18(13-20(19)31-25)22-15-29-27(33-22)24-4-2-12-35(24)37/h5-10,13-15,23-24H,1-4,11-12,36-37H2,(H,28,32)(H,29,33)(H,30,31). The van der Waals surface area contributed by atoms with E-state index in [0.717, 1.165) is 82.5 Å². The third-order valence-electron chi connectivity index (χ3n) is 7.67. The van der Waals surface area contributed by atoms with E-state index in [1.165, 1.54) is 12.8 Å². The van der Waals surface area contributed by atoms with Gasteiger partial charge in [0.1, 0.15) is 17.5 Å². The summed E-state index contributed by atoms with van der Waals surface area (Å²) in [6.45, 7) is 2.19. The highest BCUT2D eigenvalue weighted by Gasteiger charge is 2.26. The summed E-state index contributed by atoms with van der Waals surface area (Å²) in [4.78, 5) is 24.7. The number of fused-ring (bicyclic) bond motifs is 1. The Kier molecular flexibility index (Phi) is 5.94. The van der Waals surface area contributed by atoms with E-state index in [2.05, 4.69) is 95.5 Å². The van der Waals surface area contributed by atoms with Gasteiger partial charge in [0.25, 0.3) is 0 Å². The Morgan fingerprint density at radius 1 is 0.703 bits per heavy atom. The molecule has 188 valence electrons. The Labute approximate surface area is 220 Å². The van der Waals surface area contributed by atoms with Crippen LogP contribution in [-0.4, -0.2) is 52.3 Å². The van der Waals surface area contributed by atoms with E-state index < -0.39 is 0 Å². The van der Waals surface area contributed by atoms with Crippen molar-refractivity contribution in [2.75, 3.05) is 13.1 Å². The first-order chi connectivity index (χ1) is 18.1. The zero-order valence-electron chi connectivity index (χ0n) is 20.5. The van der Waals surface area contributed by atoms with Crippen molar-refractivity contribution in [1.82, 2.24) is 39.2 Å². The topological polar surface area (TPSA) is 92.5 Å². The molecule has 4 atom stereocenters. The fraction of sp³-hybridized carbons (Fsp3) is 0.296. The maximum atomic E-state index is 4.84. The largest absolute Gasteiger partial charge is 0.341 e. The third kappa shape index (κ3) is 4.32. The number of nitrogens with one attached hydrogen (secondary N) is 3. The van der Waals surface area contributed by atoms with Crippen LogP contribution in [0.15, 0.2) is 54.9 Å². The highest BCUT2D eigenvalue weighted by Crippen LogP contribution is 2.35. The summed E-state index contributed by atoms with van der Waals surface area (Å²) < 4.78 is 4.58. The summed E-state index contributed by atoms with van der Waals surface area (Å²) in [7, 11) is 5.66. The van der Waals surface area contributed by atoms with Crippen molar-refractivity contribution in [2.45, 2.75) is 37.8 Å². The first kappa shape index (κ1) is 23.2. The molecule has 8 nitrogen and oxygen atoms in total.